The van der Waals surface area contributed by atoms with Crippen LogP contribution in [0.2, 0.25) is 0 Å². The normalized spacial score (nSPS) is 12.0. The summed E-state index contributed by atoms with van der Waals surface area (Å²) in [6, 6.07) is 32.5. The van der Waals surface area contributed by atoms with E-state index >= 15 is 0 Å². The highest BCUT2D eigenvalue weighted by Crippen LogP contribution is 2.46. The van der Waals surface area contributed by atoms with Crippen molar-refractivity contribution >= 4 is 33.9 Å². The first-order valence-corrected chi connectivity index (χ1v) is 11.3. The summed E-state index contributed by atoms with van der Waals surface area (Å²) in [5.74, 6) is 0.141. The number of carbonyl (C=O) groups excluding carboxylic acids is 1. The molecule has 3 aromatic rings. The Hall–Kier alpha value is -2.88. The average molecular weight is 386 g/mol. The summed E-state index contributed by atoms with van der Waals surface area (Å²) in [5.41, 5.74) is 0. The molecule has 0 aromatic heterocycles. The highest BCUT2D eigenvalue weighted by molar-refractivity contribution is 7.96. The first-order valence-electron chi connectivity index (χ1n) is 9.47. The van der Waals surface area contributed by atoms with Gasteiger partial charge in [0.2, 0.25) is 0 Å². The van der Waals surface area contributed by atoms with Gasteiger partial charge in [-0.25, -0.2) is 0 Å². The molecule has 1 unspecified atom stereocenters. The summed E-state index contributed by atoms with van der Waals surface area (Å²) in [6.07, 6.45) is 0.372. The van der Waals surface area contributed by atoms with Crippen molar-refractivity contribution in [3.8, 4) is 6.07 Å². The Morgan fingerprint density at radius 1 is 0.786 bits per heavy atom. The number of rotatable bonds is 6. The molecule has 1 atom stereocenters. The van der Waals surface area contributed by atoms with Gasteiger partial charge < -0.3 is 0 Å². The standard InChI is InChI=1S/C25H24NOP/c1-20(2)18-24(27)25(19-26)28(21-12-6-3-7-13-21,22-14-8-4-9-15-22)23-16-10-5-11-17-23/h3-17,20H,18H2,1-2H3/i1+1. The van der Waals surface area contributed by atoms with E-state index < -0.39 is 6.89 Å². The highest BCUT2D eigenvalue weighted by Gasteiger charge is 2.33. The molecule has 0 bridgehead atoms. The highest BCUT2D eigenvalue weighted by atomic mass is 31.2. The SMILES string of the molecule is CC([13CH3])CC(=O)C(C#N)=P(c1ccccc1)(c1ccccc1)c1ccccc1. The first-order chi connectivity index (χ1) is 13.6. The minimum absolute atomic E-state index is 0.0533. The van der Waals surface area contributed by atoms with E-state index in [0.29, 0.717) is 11.7 Å². The lowest BCUT2D eigenvalue weighted by atomic mass is 10.1. The summed E-state index contributed by atoms with van der Waals surface area (Å²) in [4.78, 5) is 13.3. The summed E-state index contributed by atoms with van der Waals surface area (Å²) in [7, 11) is 0. The lowest BCUT2D eigenvalue weighted by Gasteiger charge is -2.30. The van der Waals surface area contributed by atoms with E-state index in [0.717, 1.165) is 15.9 Å². The van der Waals surface area contributed by atoms with Crippen molar-refractivity contribution in [2.45, 2.75) is 20.3 Å². The van der Waals surface area contributed by atoms with Crippen LogP contribution in [0.25, 0.3) is 0 Å². The van der Waals surface area contributed by atoms with Crippen LogP contribution in [0.1, 0.15) is 20.3 Å². The number of hydrogen-bond donors (Lipinski definition) is 0. The third kappa shape index (κ3) is 3.72. The summed E-state index contributed by atoms with van der Waals surface area (Å²) in [5, 5.41) is 13.7. The third-order valence-electron chi connectivity index (χ3n) is 4.73. The number of carbonyl (C=O) groups is 1. The van der Waals surface area contributed by atoms with Crippen molar-refractivity contribution in [1.29, 1.82) is 5.26 Å². The summed E-state index contributed by atoms with van der Waals surface area (Å²) in [6.45, 7) is 1.46. The fraction of sp³-hybridized carbons (Fsp3) is 0.160. The molecule has 0 aliphatic heterocycles. The van der Waals surface area contributed by atoms with Crippen LogP contribution in [0.3, 0.4) is 0 Å². The predicted molar refractivity (Wildman–Crippen MR) is 120 cm³/mol. The number of Topliss-reactive ketones (excluding diaryl/α,β-unsaturated/α-hetero) is 1. The molecular formula is C25H24NOP. The number of hydrogen-bond acceptors (Lipinski definition) is 2. The van der Waals surface area contributed by atoms with Crippen LogP contribution in [0.5, 0.6) is 0 Å². The molecular weight excluding hydrogens is 362 g/mol. The van der Waals surface area contributed by atoms with Gasteiger partial charge in [0, 0.05) is 6.42 Å². The Labute approximate surface area is 167 Å². The van der Waals surface area contributed by atoms with E-state index in [2.05, 4.69) is 6.07 Å². The van der Waals surface area contributed by atoms with Gasteiger partial charge in [-0.05, 0) is 28.7 Å². The Kier molecular flexibility index (Phi) is 6.30. The van der Waals surface area contributed by atoms with Crippen LogP contribution in [0.4, 0.5) is 0 Å². The minimum Gasteiger partial charge on any atom is -0.293 e. The van der Waals surface area contributed by atoms with Crippen molar-refractivity contribution in [3.63, 3.8) is 0 Å². The molecule has 140 valence electrons. The molecule has 0 heterocycles. The second-order valence-electron chi connectivity index (χ2n) is 7.16. The maximum absolute atomic E-state index is 13.3. The largest absolute Gasteiger partial charge is 0.293 e. The Balaban J connectivity index is 2.53. The quantitative estimate of drug-likeness (QED) is 0.468. The van der Waals surface area contributed by atoms with E-state index in [-0.39, 0.29) is 11.7 Å². The summed E-state index contributed by atoms with van der Waals surface area (Å²) < 4.78 is 0. The van der Waals surface area contributed by atoms with Crippen molar-refractivity contribution in [2.24, 2.45) is 5.92 Å². The van der Waals surface area contributed by atoms with E-state index in [1.54, 1.807) is 0 Å². The summed E-state index contributed by atoms with van der Waals surface area (Å²) >= 11 is 0. The smallest absolute Gasteiger partial charge is 0.174 e. The molecule has 0 aliphatic rings. The lowest BCUT2D eigenvalue weighted by Crippen LogP contribution is -2.33. The molecule has 28 heavy (non-hydrogen) atoms. The van der Waals surface area contributed by atoms with E-state index in [4.69, 9.17) is 0 Å². The van der Waals surface area contributed by atoms with E-state index in [1.165, 1.54) is 0 Å². The maximum atomic E-state index is 13.3. The molecule has 3 aromatic carbocycles. The van der Waals surface area contributed by atoms with Crippen molar-refractivity contribution < 1.29 is 4.79 Å². The molecule has 2 nitrogen and oxygen atoms in total. The predicted octanol–water partition coefficient (Wildman–Crippen LogP) is 4.29. The Bertz CT molecular complexity index is 929. The fourth-order valence-corrected chi connectivity index (χ4v) is 7.72. The molecule has 0 N–H and O–H groups in total. The van der Waals surface area contributed by atoms with Gasteiger partial charge in [0.15, 0.2) is 5.78 Å². The van der Waals surface area contributed by atoms with Gasteiger partial charge in [0.1, 0.15) is 11.4 Å². The fourth-order valence-electron chi connectivity index (χ4n) is 3.58. The first kappa shape index (κ1) is 19.9. The van der Waals surface area contributed by atoms with Crippen molar-refractivity contribution in [2.75, 3.05) is 0 Å². The van der Waals surface area contributed by atoms with Crippen LogP contribution in [-0.4, -0.2) is 11.1 Å². The van der Waals surface area contributed by atoms with Crippen LogP contribution in [-0.2, 0) is 4.79 Å². The van der Waals surface area contributed by atoms with E-state index in [1.807, 2.05) is 105 Å². The third-order valence-corrected chi connectivity index (χ3v) is 8.97. The second kappa shape index (κ2) is 8.87. The topological polar surface area (TPSA) is 40.9 Å². The lowest BCUT2D eigenvalue weighted by molar-refractivity contribution is -0.113. The Morgan fingerprint density at radius 3 is 1.43 bits per heavy atom. The Morgan fingerprint density at radius 2 is 1.14 bits per heavy atom. The minimum atomic E-state index is -2.57. The molecule has 0 fully saturated rings. The van der Waals surface area contributed by atoms with Gasteiger partial charge in [0.25, 0.3) is 0 Å². The van der Waals surface area contributed by atoms with Crippen LogP contribution in [0.15, 0.2) is 91.0 Å². The maximum Gasteiger partial charge on any atom is 0.174 e. The van der Waals surface area contributed by atoms with Gasteiger partial charge >= 0.3 is 0 Å². The molecule has 0 spiro atoms. The zero-order valence-electron chi connectivity index (χ0n) is 16.2. The van der Waals surface area contributed by atoms with Crippen LogP contribution in [0, 0.1) is 17.2 Å². The zero-order chi connectivity index (χ0) is 20.0. The van der Waals surface area contributed by atoms with Gasteiger partial charge in [-0.3, -0.25) is 4.79 Å². The number of ketones is 1. The van der Waals surface area contributed by atoms with E-state index in [9.17, 15) is 10.1 Å². The molecule has 0 radical (unpaired) electrons. The average Bonchev–Trinajstić information content (AvgIpc) is 2.73. The van der Waals surface area contributed by atoms with Crippen LogP contribution >= 0.6 is 6.89 Å². The number of nitriles is 1. The zero-order valence-corrected chi connectivity index (χ0v) is 17.1. The number of nitrogens with zero attached hydrogens (tertiary/aromatic N) is 1. The van der Waals surface area contributed by atoms with Crippen LogP contribution < -0.4 is 15.9 Å². The molecule has 3 rings (SSSR count). The van der Waals surface area contributed by atoms with Gasteiger partial charge in [-0.1, -0.05) is 105 Å². The second-order valence-corrected chi connectivity index (χ2v) is 10.5. The van der Waals surface area contributed by atoms with Gasteiger partial charge in [-0.2, -0.15) is 5.26 Å². The monoisotopic (exact) mass is 386 g/mol. The number of benzene rings is 3. The van der Waals surface area contributed by atoms with Gasteiger partial charge in [-0.15, -0.1) is 0 Å². The molecule has 3 heteroatoms. The van der Waals surface area contributed by atoms with Crippen molar-refractivity contribution in [1.82, 2.24) is 0 Å². The molecule has 0 saturated carbocycles. The van der Waals surface area contributed by atoms with Crippen molar-refractivity contribution in [3.05, 3.63) is 91.0 Å². The molecule has 0 amide bonds. The van der Waals surface area contributed by atoms with Gasteiger partial charge in [0.05, 0.1) is 0 Å². The molecule has 0 aliphatic carbocycles. The molecule has 0 saturated heterocycles.